The minimum atomic E-state index is -0.0557. The molecule has 1 atom stereocenters. The van der Waals surface area contributed by atoms with Crippen molar-refractivity contribution in [2.45, 2.75) is 45.7 Å². The number of ether oxygens (including phenoxy) is 1. The van der Waals surface area contributed by atoms with Crippen LogP contribution in [-0.4, -0.2) is 40.4 Å². The Bertz CT molecular complexity index is 1040. The van der Waals surface area contributed by atoms with Crippen LogP contribution >= 0.6 is 0 Å². The number of nitrogens with zero attached hydrogens (tertiary/aromatic N) is 3. The van der Waals surface area contributed by atoms with Gasteiger partial charge in [-0.3, -0.25) is 4.79 Å². The van der Waals surface area contributed by atoms with Crippen molar-refractivity contribution in [2.75, 3.05) is 19.7 Å². The van der Waals surface area contributed by atoms with Gasteiger partial charge in [0.1, 0.15) is 5.75 Å². The molecule has 2 aromatic carbocycles. The molecule has 0 amide bonds. The van der Waals surface area contributed by atoms with Crippen LogP contribution in [0.3, 0.4) is 0 Å². The Morgan fingerprint density at radius 3 is 2.58 bits per heavy atom. The zero-order valence-electron chi connectivity index (χ0n) is 18.5. The smallest absolute Gasteiger partial charge is 0.270 e. The highest BCUT2D eigenvalue weighted by molar-refractivity contribution is 5.60. The number of hydrogen-bond acceptors (Lipinski definition) is 4. The summed E-state index contributed by atoms with van der Waals surface area (Å²) in [5.74, 6) is 0.868. The number of hydrogen-bond donors (Lipinski definition) is 0. The summed E-state index contributed by atoms with van der Waals surface area (Å²) in [6, 6.07) is 20.5. The van der Waals surface area contributed by atoms with Crippen LogP contribution in [0.5, 0.6) is 5.75 Å². The molecule has 0 spiro atoms. The van der Waals surface area contributed by atoms with Crippen LogP contribution in [0.4, 0.5) is 0 Å². The van der Waals surface area contributed by atoms with E-state index in [0.29, 0.717) is 18.2 Å². The van der Waals surface area contributed by atoms with Crippen LogP contribution in [-0.2, 0) is 6.54 Å². The van der Waals surface area contributed by atoms with Gasteiger partial charge in [-0.05, 0) is 75.5 Å². The van der Waals surface area contributed by atoms with Gasteiger partial charge in [0, 0.05) is 23.7 Å². The summed E-state index contributed by atoms with van der Waals surface area (Å²) in [6.45, 7) is 7.66. The largest absolute Gasteiger partial charge is 0.494 e. The molecule has 1 aromatic heterocycles. The lowest BCUT2D eigenvalue weighted by Crippen LogP contribution is -2.28. The maximum atomic E-state index is 12.6. The van der Waals surface area contributed by atoms with Gasteiger partial charge in [-0.2, -0.15) is 5.10 Å². The molecule has 0 N–H and O–H groups in total. The normalized spacial score (nSPS) is 16.5. The molecule has 1 aliphatic rings. The van der Waals surface area contributed by atoms with Crippen molar-refractivity contribution >= 4 is 0 Å². The molecule has 0 radical (unpaired) electrons. The van der Waals surface area contributed by atoms with Crippen molar-refractivity contribution < 1.29 is 4.74 Å². The lowest BCUT2D eigenvalue weighted by atomic mass is 10.1. The van der Waals surface area contributed by atoms with Gasteiger partial charge in [-0.15, -0.1) is 0 Å². The van der Waals surface area contributed by atoms with Gasteiger partial charge in [-0.1, -0.05) is 30.3 Å². The van der Waals surface area contributed by atoms with E-state index in [9.17, 15) is 4.79 Å². The molecule has 0 unspecified atom stereocenters. The molecular formula is C26H31N3O2. The molecule has 2 heterocycles. The summed E-state index contributed by atoms with van der Waals surface area (Å²) in [4.78, 5) is 15.1. The third-order valence-corrected chi connectivity index (χ3v) is 6.03. The second-order valence-electron chi connectivity index (χ2n) is 8.41. The van der Waals surface area contributed by atoms with E-state index in [1.54, 1.807) is 4.68 Å². The van der Waals surface area contributed by atoms with Gasteiger partial charge in [0.15, 0.2) is 0 Å². The molecule has 31 heavy (non-hydrogen) atoms. The van der Waals surface area contributed by atoms with E-state index in [1.807, 2.05) is 67.6 Å². The van der Waals surface area contributed by atoms with Crippen LogP contribution in [0, 0.1) is 6.92 Å². The summed E-state index contributed by atoms with van der Waals surface area (Å²) < 4.78 is 7.48. The van der Waals surface area contributed by atoms with Gasteiger partial charge >= 0.3 is 0 Å². The van der Waals surface area contributed by atoms with Gasteiger partial charge in [-0.25, -0.2) is 4.68 Å². The first-order valence-corrected chi connectivity index (χ1v) is 11.2. The Kier molecular flexibility index (Phi) is 6.82. The molecule has 1 fully saturated rings. The SMILES string of the molecule is Cc1cc(-c2ccc(OCCCN3CCC[C@H]3C)cc2)nn(Cc2ccccc2)c1=O. The molecule has 3 aromatic rings. The number of aryl methyl sites for hydroxylation is 1. The molecule has 1 aliphatic heterocycles. The van der Waals surface area contributed by atoms with E-state index >= 15 is 0 Å². The third kappa shape index (κ3) is 5.42. The van der Waals surface area contributed by atoms with E-state index in [2.05, 4.69) is 16.9 Å². The molecule has 0 bridgehead atoms. The highest BCUT2D eigenvalue weighted by Crippen LogP contribution is 2.21. The second kappa shape index (κ2) is 9.92. The third-order valence-electron chi connectivity index (χ3n) is 6.03. The van der Waals surface area contributed by atoms with E-state index in [4.69, 9.17) is 4.74 Å². The lowest BCUT2D eigenvalue weighted by molar-refractivity contribution is 0.230. The van der Waals surface area contributed by atoms with Gasteiger partial charge in [0.2, 0.25) is 0 Å². The fraction of sp³-hybridized carbons (Fsp3) is 0.385. The van der Waals surface area contributed by atoms with Crippen LogP contribution in [0.1, 0.15) is 37.3 Å². The van der Waals surface area contributed by atoms with Crippen LogP contribution in [0.15, 0.2) is 65.5 Å². The standard InChI is InChI=1S/C26H31N3O2/c1-20-18-25(27-29(26(20)30)19-22-9-4-3-5-10-22)23-11-13-24(14-12-23)31-17-7-16-28-15-6-8-21(28)2/h3-5,9-14,18,21H,6-8,15-17,19H2,1-2H3/t21-/m1/s1. The van der Waals surface area contributed by atoms with Crippen molar-refractivity contribution in [3.8, 4) is 17.0 Å². The predicted octanol–water partition coefficient (Wildman–Crippen LogP) is 4.52. The number of benzene rings is 2. The van der Waals surface area contributed by atoms with Gasteiger partial charge < -0.3 is 9.64 Å². The summed E-state index contributed by atoms with van der Waals surface area (Å²) in [5, 5.41) is 4.61. The topological polar surface area (TPSA) is 47.4 Å². The first kappa shape index (κ1) is 21.3. The molecule has 162 valence electrons. The van der Waals surface area contributed by atoms with Crippen LogP contribution in [0.25, 0.3) is 11.3 Å². The number of rotatable bonds is 8. The molecule has 5 nitrogen and oxygen atoms in total. The highest BCUT2D eigenvalue weighted by atomic mass is 16.5. The Balaban J connectivity index is 1.39. The summed E-state index contributed by atoms with van der Waals surface area (Å²) in [7, 11) is 0. The van der Waals surface area contributed by atoms with Crippen molar-refractivity contribution in [3.63, 3.8) is 0 Å². The molecule has 0 saturated carbocycles. The fourth-order valence-electron chi connectivity index (χ4n) is 4.18. The van der Waals surface area contributed by atoms with Crippen molar-refractivity contribution in [2.24, 2.45) is 0 Å². The molecule has 0 aliphatic carbocycles. The Morgan fingerprint density at radius 2 is 1.87 bits per heavy atom. The zero-order chi connectivity index (χ0) is 21.6. The Morgan fingerprint density at radius 1 is 1.10 bits per heavy atom. The second-order valence-corrected chi connectivity index (χ2v) is 8.41. The van der Waals surface area contributed by atoms with E-state index < -0.39 is 0 Å². The highest BCUT2D eigenvalue weighted by Gasteiger charge is 2.19. The predicted molar refractivity (Wildman–Crippen MR) is 125 cm³/mol. The first-order chi connectivity index (χ1) is 15.1. The van der Waals surface area contributed by atoms with E-state index in [0.717, 1.165) is 42.1 Å². The molecule has 4 rings (SSSR count). The monoisotopic (exact) mass is 417 g/mol. The lowest BCUT2D eigenvalue weighted by Gasteiger charge is -2.20. The summed E-state index contributed by atoms with van der Waals surface area (Å²) in [5.41, 5.74) is 3.46. The van der Waals surface area contributed by atoms with Gasteiger partial charge in [0.25, 0.3) is 5.56 Å². The molecular weight excluding hydrogens is 386 g/mol. The zero-order valence-corrected chi connectivity index (χ0v) is 18.5. The number of aromatic nitrogens is 2. The van der Waals surface area contributed by atoms with Crippen molar-refractivity contribution in [1.29, 1.82) is 0 Å². The van der Waals surface area contributed by atoms with Gasteiger partial charge in [0.05, 0.1) is 18.8 Å². The van der Waals surface area contributed by atoms with E-state index in [-0.39, 0.29) is 5.56 Å². The number of likely N-dealkylation sites (tertiary alicyclic amines) is 1. The van der Waals surface area contributed by atoms with E-state index in [1.165, 1.54) is 19.4 Å². The maximum Gasteiger partial charge on any atom is 0.270 e. The maximum absolute atomic E-state index is 12.6. The quantitative estimate of drug-likeness (QED) is 0.506. The van der Waals surface area contributed by atoms with Crippen LogP contribution in [0.2, 0.25) is 0 Å². The summed E-state index contributed by atoms with van der Waals surface area (Å²) >= 11 is 0. The Labute approximate surface area is 184 Å². The average Bonchev–Trinajstić information content (AvgIpc) is 3.20. The molecule has 1 saturated heterocycles. The van der Waals surface area contributed by atoms with Crippen molar-refractivity contribution in [3.05, 3.63) is 82.1 Å². The minimum Gasteiger partial charge on any atom is -0.494 e. The minimum absolute atomic E-state index is 0.0557. The first-order valence-electron chi connectivity index (χ1n) is 11.2. The fourth-order valence-corrected chi connectivity index (χ4v) is 4.18. The summed E-state index contributed by atoms with van der Waals surface area (Å²) in [6.07, 6.45) is 3.67. The van der Waals surface area contributed by atoms with Crippen molar-refractivity contribution in [1.82, 2.24) is 14.7 Å². The Hall–Kier alpha value is -2.92. The average molecular weight is 418 g/mol. The van der Waals surface area contributed by atoms with Crippen LogP contribution < -0.4 is 10.3 Å². The molecule has 5 heteroatoms.